The molecule has 7 heteroatoms. The maximum Gasteiger partial charge on any atom is 0.409 e. The van der Waals surface area contributed by atoms with Gasteiger partial charge < -0.3 is 20.1 Å². The Labute approximate surface area is 107 Å². The fourth-order valence-electron chi connectivity index (χ4n) is 1.88. The lowest BCUT2D eigenvalue weighted by molar-refractivity contribution is -0.140. The van der Waals surface area contributed by atoms with Crippen LogP contribution in [-0.4, -0.2) is 79.4 Å². The van der Waals surface area contributed by atoms with Gasteiger partial charge >= 0.3 is 12.1 Å². The van der Waals surface area contributed by atoms with Crippen molar-refractivity contribution >= 4 is 12.1 Å². The van der Waals surface area contributed by atoms with Crippen LogP contribution in [-0.2, 0) is 9.53 Å². The molecule has 1 saturated heterocycles. The molecular formula is C11H21N3O4. The van der Waals surface area contributed by atoms with Gasteiger partial charge in [-0.05, 0) is 14.0 Å². The van der Waals surface area contributed by atoms with E-state index < -0.39 is 12.0 Å². The first-order valence-electron chi connectivity index (χ1n) is 6.12. The molecule has 0 aromatic heterocycles. The molecule has 0 aromatic carbocycles. The van der Waals surface area contributed by atoms with E-state index >= 15 is 0 Å². The lowest BCUT2D eigenvalue weighted by Gasteiger charge is -2.35. The Kier molecular flexibility index (Phi) is 5.87. The van der Waals surface area contributed by atoms with Crippen LogP contribution in [0.1, 0.15) is 6.92 Å². The normalized spacial score (nSPS) is 18.4. The smallest absolute Gasteiger partial charge is 0.409 e. The molecule has 0 bridgehead atoms. The van der Waals surface area contributed by atoms with E-state index in [0.29, 0.717) is 39.3 Å². The number of carboxylic acid groups (broad SMARTS) is 1. The van der Waals surface area contributed by atoms with Crippen LogP contribution in [0.15, 0.2) is 0 Å². The van der Waals surface area contributed by atoms with Crippen molar-refractivity contribution in [3.05, 3.63) is 0 Å². The molecule has 0 aromatic rings. The summed E-state index contributed by atoms with van der Waals surface area (Å²) in [6.07, 6.45) is -0.291. The molecule has 18 heavy (non-hydrogen) atoms. The van der Waals surface area contributed by atoms with Crippen molar-refractivity contribution in [1.29, 1.82) is 0 Å². The zero-order valence-corrected chi connectivity index (χ0v) is 10.9. The highest BCUT2D eigenvalue weighted by atomic mass is 16.6. The Morgan fingerprint density at radius 3 is 2.39 bits per heavy atom. The summed E-state index contributed by atoms with van der Waals surface area (Å²) in [6, 6.07) is -0.570. The van der Waals surface area contributed by atoms with Gasteiger partial charge in [0.2, 0.25) is 0 Å². The third kappa shape index (κ3) is 4.15. The number of ether oxygens (including phenoxy) is 1. The van der Waals surface area contributed by atoms with Crippen molar-refractivity contribution in [2.75, 3.05) is 46.4 Å². The zero-order chi connectivity index (χ0) is 13.5. The Morgan fingerprint density at radius 2 is 1.94 bits per heavy atom. The molecule has 2 N–H and O–H groups in total. The molecule has 1 aliphatic heterocycles. The van der Waals surface area contributed by atoms with E-state index in [4.69, 9.17) is 9.84 Å². The minimum absolute atomic E-state index is 0.291. The van der Waals surface area contributed by atoms with Crippen molar-refractivity contribution in [2.45, 2.75) is 13.0 Å². The Morgan fingerprint density at radius 1 is 1.33 bits per heavy atom. The van der Waals surface area contributed by atoms with Crippen LogP contribution in [0.2, 0.25) is 0 Å². The molecule has 1 amide bonds. The first kappa shape index (κ1) is 14.7. The standard InChI is InChI=1S/C11H21N3O4/c1-3-18-11(17)14-6-4-13(5-7-14)8-9(12-2)10(15)16/h9,12H,3-8H2,1-2H3,(H,15,16). The summed E-state index contributed by atoms with van der Waals surface area (Å²) in [5, 5.41) is 11.7. The first-order valence-corrected chi connectivity index (χ1v) is 6.12. The molecule has 0 spiro atoms. The number of aliphatic carboxylic acids is 1. The number of nitrogens with one attached hydrogen (secondary N) is 1. The maximum absolute atomic E-state index is 11.5. The molecule has 104 valence electrons. The molecule has 0 saturated carbocycles. The number of rotatable bonds is 5. The number of hydrogen-bond donors (Lipinski definition) is 2. The maximum atomic E-state index is 11.5. The minimum Gasteiger partial charge on any atom is -0.480 e. The molecule has 1 heterocycles. The highest BCUT2D eigenvalue weighted by Gasteiger charge is 2.25. The molecule has 0 aliphatic carbocycles. The number of nitrogens with zero attached hydrogens (tertiary/aromatic N) is 2. The van der Waals surface area contributed by atoms with E-state index in [2.05, 4.69) is 5.32 Å². The van der Waals surface area contributed by atoms with Gasteiger partial charge in [0.15, 0.2) is 0 Å². The van der Waals surface area contributed by atoms with Crippen LogP contribution in [0.4, 0.5) is 4.79 Å². The van der Waals surface area contributed by atoms with E-state index in [1.807, 2.05) is 4.90 Å². The van der Waals surface area contributed by atoms with E-state index in [1.54, 1.807) is 18.9 Å². The lowest BCUT2D eigenvalue weighted by Crippen LogP contribution is -2.53. The number of amides is 1. The molecule has 7 nitrogen and oxygen atoms in total. The molecular weight excluding hydrogens is 238 g/mol. The van der Waals surface area contributed by atoms with Gasteiger partial charge in [0.25, 0.3) is 0 Å². The lowest BCUT2D eigenvalue weighted by atomic mass is 10.2. The van der Waals surface area contributed by atoms with Crippen LogP contribution >= 0.6 is 0 Å². The van der Waals surface area contributed by atoms with E-state index in [9.17, 15) is 9.59 Å². The van der Waals surface area contributed by atoms with Crippen molar-refractivity contribution in [3.63, 3.8) is 0 Å². The van der Waals surface area contributed by atoms with Crippen molar-refractivity contribution < 1.29 is 19.4 Å². The third-order valence-corrected chi connectivity index (χ3v) is 2.99. The second-order valence-corrected chi connectivity index (χ2v) is 4.17. The predicted molar refractivity (Wildman–Crippen MR) is 65.5 cm³/mol. The molecule has 1 fully saturated rings. The summed E-state index contributed by atoms with van der Waals surface area (Å²) in [4.78, 5) is 26.0. The topological polar surface area (TPSA) is 82.1 Å². The SMILES string of the molecule is CCOC(=O)N1CCN(CC(NC)C(=O)O)CC1. The van der Waals surface area contributed by atoms with Crippen LogP contribution < -0.4 is 5.32 Å². The fraction of sp³-hybridized carbons (Fsp3) is 0.818. The number of hydrogen-bond acceptors (Lipinski definition) is 5. The minimum atomic E-state index is -0.856. The molecule has 1 rings (SSSR count). The summed E-state index contributed by atoms with van der Waals surface area (Å²) in [5.74, 6) is -0.856. The highest BCUT2D eigenvalue weighted by molar-refractivity contribution is 5.73. The molecule has 1 unspecified atom stereocenters. The average molecular weight is 259 g/mol. The second kappa shape index (κ2) is 7.17. The van der Waals surface area contributed by atoms with Crippen LogP contribution in [0, 0.1) is 0 Å². The number of carbonyl (C=O) groups excluding carboxylic acids is 1. The van der Waals surface area contributed by atoms with Gasteiger partial charge in [-0.3, -0.25) is 9.69 Å². The monoisotopic (exact) mass is 259 g/mol. The highest BCUT2D eigenvalue weighted by Crippen LogP contribution is 2.04. The largest absolute Gasteiger partial charge is 0.480 e. The van der Waals surface area contributed by atoms with Gasteiger partial charge in [-0.2, -0.15) is 0 Å². The quantitative estimate of drug-likeness (QED) is 0.688. The van der Waals surface area contributed by atoms with Crippen LogP contribution in [0.25, 0.3) is 0 Å². The zero-order valence-electron chi connectivity index (χ0n) is 10.9. The van der Waals surface area contributed by atoms with Gasteiger partial charge in [-0.1, -0.05) is 0 Å². The second-order valence-electron chi connectivity index (χ2n) is 4.17. The fourth-order valence-corrected chi connectivity index (χ4v) is 1.88. The Balaban J connectivity index is 2.35. The van der Waals surface area contributed by atoms with Crippen molar-refractivity contribution in [2.24, 2.45) is 0 Å². The number of piperazine rings is 1. The Bertz CT molecular complexity index is 290. The van der Waals surface area contributed by atoms with Gasteiger partial charge in [0.05, 0.1) is 6.61 Å². The van der Waals surface area contributed by atoms with Gasteiger partial charge in [0.1, 0.15) is 6.04 Å². The van der Waals surface area contributed by atoms with Gasteiger partial charge in [0, 0.05) is 32.7 Å². The molecule has 0 radical (unpaired) electrons. The van der Waals surface area contributed by atoms with Crippen LogP contribution in [0.5, 0.6) is 0 Å². The summed E-state index contributed by atoms with van der Waals surface area (Å²) < 4.78 is 4.92. The summed E-state index contributed by atoms with van der Waals surface area (Å²) in [7, 11) is 1.63. The average Bonchev–Trinajstić information content (AvgIpc) is 2.36. The predicted octanol–water partition coefficient (Wildman–Crippen LogP) is -0.567. The van der Waals surface area contributed by atoms with E-state index in [-0.39, 0.29) is 6.09 Å². The number of carbonyl (C=O) groups is 2. The van der Waals surface area contributed by atoms with Crippen LogP contribution in [0.3, 0.4) is 0 Å². The number of carboxylic acids is 1. The molecule has 1 aliphatic rings. The van der Waals surface area contributed by atoms with Crippen molar-refractivity contribution in [3.8, 4) is 0 Å². The Hall–Kier alpha value is -1.34. The third-order valence-electron chi connectivity index (χ3n) is 2.99. The van der Waals surface area contributed by atoms with Crippen molar-refractivity contribution in [1.82, 2.24) is 15.1 Å². The van der Waals surface area contributed by atoms with E-state index in [1.165, 1.54) is 0 Å². The first-order chi connectivity index (χ1) is 8.58. The summed E-state index contributed by atoms with van der Waals surface area (Å²) in [6.45, 7) is 5.10. The summed E-state index contributed by atoms with van der Waals surface area (Å²) in [5.41, 5.74) is 0. The molecule has 1 atom stereocenters. The van der Waals surface area contributed by atoms with E-state index in [0.717, 1.165) is 0 Å². The summed E-state index contributed by atoms with van der Waals surface area (Å²) >= 11 is 0. The number of likely N-dealkylation sites (N-methyl/N-ethyl adjacent to an activating group) is 1. The van der Waals surface area contributed by atoms with Gasteiger partial charge in [-0.25, -0.2) is 4.79 Å². The van der Waals surface area contributed by atoms with Gasteiger partial charge in [-0.15, -0.1) is 0 Å².